The molecule has 4 aromatic rings. The highest BCUT2D eigenvalue weighted by molar-refractivity contribution is 6.08. The molecule has 3 aliphatic heterocycles. The number of fused-ring (bicyclic) bond motifs is 7. The summed E-state index contributed by atoms with van der Waals surface area (Å²) in [4.78, 5) is 25.5. The molecule has 0 fully saturated rings. The van der Waals surface area contributed by atoms with E-state index in [4.69, 9.17) is 28.1 Å². The third-order valence-electron chi connectivity index (χ3n) is 8.62. The number of aryl methyl sites for hydroxylation is 1. The van der Waals surface area contributed by atoms with Crippen molar-refractivity contribution in [2.75, 3.05) is 20.8 Å². The van der Waals surface area contributed by atoms with Crippen LogP contribution in [0.1, 0.15) is 66.4 Å². The van der Waals surface area contributed by atoms with Gasteiger partial charge in [-0.1, -0.05) is 11.6 Å². The number of benzene rings is 3. The third kappa shape index (κ3) is 6.01. The van der Waals surface area contributed by atoms with Crippen LogP contribution in [0.5, 0.6) is 46.0 Å². The maximum atomic E-state index is 13.6. The molecule has 49 heavy (non-hydrogen) atoms. The van der Waals surface area contributed by atoms with E-state index in [-0.39, 0.29) is 51.6 Å². The molecule has 3 aromatic carbocycles. The highest BCUT2D eigenvalue weighted by Gasteiger charge is 2.46. The molecule has 0 saturated carbocycles. The van der Waals surface area contributed by atoms with Crippen molar-refractivity contribution in [2.24, 2.45) is 0 Å². The Kier molecular flexibility index (Phi) is 8.48. The highest BCUT2D eigenvalue weighted by atomic mass is 16.5. The van der Waals surface area contributed by atoms with Crippen molar-refractivity contribution in [3.8, 4) is 46.0 Å². The van der Waals surface area contributed by atoms with E-state index in [1.807, 2.05) is 45.9 Å². The van der Waals surface area contributed by atoms with E-state index in [0.29, 0.717) is 57.6 Å². The average Bonchev–Trinajstić information content (AvgIpc) is 3.02. The van der Waals surface area contributed by atoms with E-state index < -0.39 is 17.6 Å². The van der Waals surface area contributed by atoms with Gasteiger partial charge in [0.05, 0.1) is 25.7 Å². The first-order valence-corrected chi connectivity index (χ1v) is 15.7. The van der Waals surface area contributed by atoms with E-state index >= 15 is 0 Å². The van der Waals surface area contributed by atoms with Gasteiger partial charge in [0.2, 0.25) is 0 Å². The molecule has 3 aliphatic rings. The molecule has 2 atom stereocenters. The molecule has 11 nitrogen and oxygen atoms in total. The van der Waals surface area contributed by atoms with Gasteiger partial charge in [-0.15, -0.1) is 0 Å². The Balaban J connectivity index is 0.000000189. The maximum absolute atomic E-state index is 13.6. The molecule has 0 bridgehead atoms. The van der Waals surface area contributed by atoms with Gasteiger partial charge in [0.15, 0.2) is 22.7 Å². The first-order valence-electron chi connectivity index (χ1n) is 15.7. The lowest BCUT2D eigenvalue weighted by molar-refractivity contribution is 0.0547. The number of phenolic OH excluding ortho intramolecular Hbond substituents is 3. The number of carbonyl (C=O) groups excluding carboxylic acids is 1. The van der Waals surface area contributed by atoms with Gasteiger partial charge < -0.3 is 43.4 Å². The number of ether oxygens (including phenoxy) is 5. The number of hydrogen-bond acceptors (Lipinski definition) is 11. The van der Waals surface area contributed by atoms with Gasteiger partial charge in [-0.05, 0) is 59.3 Å². The number of aromatic hydroxyl groups is 3. The van der Waals surface area contributed by atoms with Crippen LogP contribution in [0.4, 0.5) is 0 Å². The normalized spacial score (nSPS) is 17.8. The van der Waals surface area contributed by atoms with E-state index in [0.717, 1.165) is 5.57 Å². The number of carbonyl (C=O) groups is 1. The summed E-state index contributed by atoms with van der Waals surface area (Å²) >= 11 is 0. The summed E-state index contributed by atoms with van der Waals surface area (Å²) in [5.74, 6) is 1.50. The van der Waals surface area contributed by atoms with Crippen LogP contribution in [-0.4, -0.2) is 53.6 Å². The number of methoxy groups -OCH3 is 2. The molecule has 7 rings (SSSR count). The Labute approximate surface area is 282 Å². The number of hydrogen-bond donors (Lipinski definition) is 3. The fraction of sp³-hybridized carbons (Fsp3) is 0.316. The largest absolute Gasteiger partial charge is 0.507 e. The van der Waals surface area contributed by atoms with Crippen molar-refractivity contribution in [1.29, 1.82) is 0 Å². The van der Waals surface area contributed by atoms with Gasteiger partial charge in [0, 0.05) is 35.4 Å². The zero-order valence-electron chi connectivity index (χ0n) is 28.3. The van der Waals surface area contributed by atoms with Crippen LogP contribution in [0.15, 0.2) is 57.3 Å². The lowest BCUT2D eigenvalue weighted by atomic mass is 9.80. The van der Waals surface area contributed by atoms with E-state index in [2.05, 4.69) is 0 Å². The zero-order valence-corrected chi connectivity index (χ0v) is 28.3. The molecule has 4 heterocycles. The summed E-state index contributed by atoms with van der Waals surface area (Å²) in [6.07, 6.45) is 5.47. The zero-order chi connectivity index (χ0) is 35.4. The molecule has 0 radical (unpaired) electrons. The predicted molar refractivity (Wildman–Crippen MR) is 182 cm³/mol. The molecular weight excluding hydrogens is 632 g/mol. The lowest BCUT2D eigenvalue weighted by Crippen LogP contribution is -2.43. The summed E-state index contributed by atoms with van der Waals surface area (Å²) in [7, 11) is 3.07. The fourth-order valence-electron chi connectivity index (χ4n) is 6.23. The van der Waals surface area contributed by atoms with Gasteiger partial charge in [-0.3, -0.25) is 9.59 Å². The minimum Gasteiger partial charge on any atom is -0.507 e. The van der Waals surface area contributed by atoms with Gasteiger partial charge in [-0.2, -0.15) is 0 Å². The van der Waals surface area contributed by atoms with E-state index in [1.54, 1.807) is 26.2 Å². The van der Waals surface area contributed by atoms with Crippen molar-refractivity contribution < 1.29 is 48.2 Å². The van der Waals surface area contributed by atoms with E-state index in [9.17, 15) is 24.9 Å². The van der Waals surface area contributed by atoms with Crippen LogP contribution in [0.3, 0.4) is 0 Å². The van der Waals surface area contributed by atoms with E-state index in [1.165, 1.54) is 25.3 Å². The van der Waals surface area contributed by atoms with Crippen molar-refractivity contribution in [2.45, 2.75) is 58.7 Å². The van der Waals surface area contributed by atoms with Gasteiger partial charge >= 0.3 is 0 Å². The number of allylic oxidation sites excluding steroid dienone is 2. The third-order valence-corrected chi connectivity index (χ3v) is 8.62. The predicted octanol–water partition coefficient (Wildman–Crippen LogP) is 6.73. The molecule has 0 amide bonds. The minimum absolute atomic E-state index is 0.0729. The summed E-state index contributed by atoms with van der Waals surface area (Å²) in [6, 6.07) is 7.62. The van der Waals surface area contributed by atoms with Crippen LogP contribution in [0.2, 0.25) is 0 Å². The number of Topliss-reactive ketones (excluding diaryl/α,β-unsaturated/α-hetero) is 1. The molecule has 0 saturated heterocycles. The Bertz CT molecular complexity index is 2120. The SMILES string of the molecule is CC(C)=CCc1c(O)cc2oc(C)cc(=O)c2c1O.COc1cc2c(cc1OC)C1C(=O)c3c(O)cc4c(c3OC1CO2)C=CC(C)(C)O4. The highest BCUT2D eigenvalue weighted by Crippen LogP contribution is 2.52. The summed E-state index contributed by atoms with van der Waals surface area (Å²) in [5, 5.41) is 30.9. The molecule has 0 aliphatic carbocycles. The molecule has 0 spiro atoms. The van der Waals surface area contributed by atoms with Gasteiger partial charge in [0.1, 0.15) is 75.1 Å². The molecular formula is C38H38O11. The van der Waals surface area contributed by atoms with Crippen LogP contribution in [-0.2, 0) is 6.42 Å². The molecule has 256 valence electrons. The van der Waals surface area contributed by atoms with Crippen LogP contribution >= 0.6 is 0 Å². The van der Waals surface area contributed by atoms with Gasteiger partial charge in [-0.25, -0.2) is 0 Å². The molecule has 3 N–H and O–H groups in total. The monoisotopic (exact) mass is 670 g/mol. The smallest absolute Gasteiger partial charge is 0.196 e. The lowest BCUT2D eigenvalue weighted by Gasteiger charge is -2.39. The van der Waals surface area contributed by atoms with Crippen molar-refractivity contribution in [1.82, 2.24) is 0 Å². The Morgan fingerprint density at radius 1 is 0.980 bits per heavy atom. The van der Waals surface area contributed by atoms with Gasteiger partial charge in [0.25, 0.3) is 0 Å². The average molecular weight is 671 g/mol. The second-order valence-electron chi connectivity index (χ2n) is 12.9. The fourth-order valence-corrected chi connectivity index (χ4v) is 6.23. The first-order chi connectivity index (χ1) is 23.2. The van der Waals surface area contributed by atoms with Crippen molar-refractivity contribution in [3.63, 3.8) is 0 Å². The number of ketones is 1. The summed E-state index contributed by atoms with van der Waals surface area (Å²) < 4.78 is 34.1. The number of phenols is 3. The summed E-state index contributed by atoms with van der Waals surface area (Å²) in [6.45, 7) is 9.52. The van der Waals surface area contributed by atoms with Crippen LogP contribution < -0.4 is 29.1 Å². The Morgan fingerprint density at radius 3 is 2.39 bits per heavy atom. The first kappa shape index (κ1) is 33.3. The standard InChI is InChI=1S/C23H22O7.C15H16O4/c1-23(2)6-5-11-15(30-23)8-13(24)20-21(25)19-12-7-16(26-3)17(27-4)9-14(12)28-10-18(19)29-22(11)20;1-8(2)4-5-10-11(16)7-13-14(15(10)18)12(17)6-9(3)19-13/h5-9,18-19,24H,10H2,1-4H3;4,6-7,16,18H,5H2,1-3H3. The second kappa shape index (κ2) is 12.5. The topological polar surface area (TPSA) is 154 Å². The van der Waals surface area contributed by atoms with Crippen molar-refractivity contribution >= 4 is 22.8 Å². The summed E-state index contributed by atoms with van der Waals surface area (Å²) in [5.41, 5.74) is 2.22. The quantitative estimate of drug-likeness (QED) is 0.198. The van der Waals surface area contributed by atoms with Crippen molar-refractivity contribution in [3.05, 3.63) is 86.3 Å². The molecule has 1 aromatic heterocycles. The Morgan fingerprint density at radius 2 is 1.69 bits per heavy atom. The van der Waals surface area contributed by atoms with Crippen LogP contribution in [0.25, 0.3) is 17.0 Å². The number of rotatable bonds is 4. The molecule has 2 unspecified atom stereocenters. The minimum atomic E-state index is -0.630. The molecule has 11 heteroatoms. The Hall–Kier alpha value is -5.58. The second-order valence-corrected chi connectivity index (χ2v) is 12.9. The maximum Gasteiger partial charge on any atom is 0.196 e. The van der Waals surface area contributed by atoms with Crippen LogP contribution in [0, 0.1) is 6.92 Å².